The van der Waals surface area contributed by atoms with Crippen LogP contribution in [0.25, 0.3) is 11.4 Å². The Morgan fingerprint density at radius 3 is 2.62 bits per heavy atom. The molecular weight excluding hydrogens is 431 g/mol. The first-order chi connectivity index (χ1) is 16.7. The van der Waals surface area contributed by atoms with Gasteiger partial charge < -0.3 is 14.6 Å². The number of aromatic nitrogens is 3. The molecule has 0 saturated heterocycles. The number of hydrogen-bond donors (Lipinski definition) is 1. The molecule has 172 valence electrons. The van der Waals surface area contributed by atoms with Crippen molar-refractivity contribution in [1.29, 1.82) is 0 Å². The highest BCUT2D eigenvalue weighted by Crippen LogP contribution is 2.27. The van der Waals surface area contributed by atoms with Crippen LogP contribution in [0.1, 0.15) is 41.0 Å². The molecule has 0 fully saturated rings. The third kappa shape index (κ3) is 4.83. The van der Waals surface area contributed by atoms with Crippen molar-refractivity contribution in [1.82, 2.24) is 14.8 Å². The molecule has 3 aromatic carbocycles. The van der Waals surface area contributed by atoms with E-state index < -0.39 is 11.7 Å². The number of benzene rings is 3. The van der Waals surface area contributed by atoms with Gasteiger partial charge in [0.1, 0.15) is 24.0 Å². The molecule has 0 spiro atoms. The zero-order chi connectivity index (χ0) is 23.3. The third-order valence-corrected chi connectivity index (χ3v) is 5.95. The standard InChI is InChI=1S/C27H25FN4O2/c28-23-15-12-21(26-31-30-25-9-5-2-6-16-32(25)26)17-24(23)29-27(33)20-10-13-22(14-11-20)34-18-19-7-3-1-4-8-19/h1,3-4,7-8,10-15,17H,2,5-6,9,16,18H2,(H,29,33). The van der Waals surface area contributed by atoms with Gasteiger partial charge in [0, 0.05) is 24.1 Å². The topological polar surface area (TPSA) is 69.0 Å². The Morgan fingerprint density at radius 1 is 0.971 bits per heavy atom. The second-order valence-corrected chi connectivity index (χ2v) is 8.35. The van der Waals surface area contributed by atoms with Gasteiger partial charge in [-0.2, -0.15) is 0 Å². The Bertz CT molecular complexity index is 1290. The van der Waals surface area contributed by atoms with Gasteiger partial charge in [-0.05, 0) is 60.9 Å². The summed E-state index contributed by atoms with van der Waals surface area (Å²) >= 11 is 0. The molecule has 7 heteroatoms. The number of carbonyl (C=O) groups is 1. The van der Waals surface area contributed by atoms with E-state index >= 15 is 0 Å². The Morgan fingerprint density at radius 2 is 1.79 bits per heavy atom. The molecule has 6 nitrogen and oxygen atoms in total. The fraction of sp³-hybridized carbons (Fsp3) is 0.222. The zero-order valence-corrected chi connectivity index (χ0v) is 18.7. The Kier molecular flexibility index (Phi) is 6.33. The first kappa shape index (κ1) is 21.8. The van der Waals surface area contributed by atoms with Gasteiger partial charge in [-0.1, -0.05) is 36.8 Å². The molecule has 1 aliphatic rings. The minimum absolute atomic E-state index is 0.109. The van der Waals surface area contributed by atoms with Crippen LogP contribution in [0.3, 0.4) is 0 Å². The molecule has 2 heterocycles. The summed E-state index contributed by atoms with van der Waals surface area (Å²) in [5, 5.41) is 11.3. The first-order valence-electron chi connectivity index (χ1n) is 11.5. The van der Waals surface area contributed by atoms with E-state index in [1.54, 1.807) is 36.4 Å². The van der Waals surface area contributed by atoms with Crippen LogP contribution in [-0.2, 0) is 19.6 Å². The summed E-state index contributed by atoms with van der Waals surface area (Å²) in [6.45, 7) is 1.28. The number of hydrogen-bond acceptors (Lipinski definition) is 4. The number of amides is 1. The van der Waals surface area contributed by atoms with Crippen molar-refractivity contribution in [3.05, 3.63) is 95.6 Å². The molecule has 4 aromatic rings. The monoisotopic (exact) mass is 456 g/mol. The van der Waals surface area contributed by atoms with Crippen LogP contribution in [0.4, 0.5) is 10.1 Å². The highest BCUT2D eigenvalue weighted by atomic mass is 19.1. The first-order valence-corrected chi connectivity index (χ1v) is 11.5. The molecular formula is C27H25FN4O2. The van der Waals surface area contributed by atoms with Crippen molar-refractivity contribution in [2.75, 3.05) is 5.32 Å². The smallest absolute Gasteiger partial charge is 0.255 e. The number of carbonyl (C=O) groups excluding carboxylic acids is 1. The average molecular weight is 457 g/mol. The highest BCUT2D eigenvalue weighted by Gasteiger charge is 2.18. The molecule has 0 radical (unpaired) electrons. The van der Waals surface area contributed by atoms with E-state index in [9.17, 15) is 9.18 Å². The van der Waals surface area contributed by atoms with Crippen LogP contribution in [0.5, 0.6) is 5.75 Å². The molecule has 1 aromatic heterocycles. The molecule has 34 heavy (non-hydrogen) atoms. The average Bonchev–Trinajstić information content (AvgIpc) is 3.13. The number of anilines is 1. The van der Waals surface area contributed by atoms with Crippen molar-refractivity contribution in [3.63, 3.8) is 0 Å². The molecule has 1 aliphatic heterocycles. The number of nitrogens with zero attached hydrogens (tertiary/aromatic N) is 3. The fourth-order valence-electron chi connectivity index (χ4n) is 4.10. The number of halogens is 1. The molecule has 1 amide bonds. The zero-order valence-electron chi connectivity index (χ0n) is 18.7. The van der Waals surface area contributed by atoms with Crippen molar-refractivity contribution in [2.45, 2.75) is 38.8 Å². The van der Waals surface area contributed by atoms with Crippen LogP contribution in [0.15, 0.2) is 72.8 Å². The summed E-state index contributed by atoms with van der Waals surface area (Å²) in [7, 11) is 0. The second kappa shape index (κ2) is 9.87. The van der Waals surface area contributed by atoms with E-state index in [1.807, 2.05) is 30.3 Å². The summed E-state index contributed by atoms with van der Waals surface area (Å²) in [5.74, 6) is 1.41. The van der Waals surface area contributed by atoms with Crippen LogP contribution in [-0.4, -0.2) is 20.7 Å². The predicted molar refractivity (Wildman–Crippen MR) is 128 cm³/mol. The summed E-state index contributed by atoms with van der Waals surface area (Å²) < 4.78 is 22.4. The Labute approximate surface area is 197 Å². The highest BCUT2D eigenvalue weighted by molar-refractivity contribution is 6.04. The minimum Gasteiger partial charge on any atom is -0.489 e. The maximum atomic E-state index is 14.5. The summed E-state index contributed by atoms with van der Waals surface area (Å²) in [6.07, 6.45) is 4.21. The van der Waals surface area contributed by atoms with E-state index in [-0.39, 0.29) is 5.69 Å². The minimum atomic E-state index is -0.504. The lowest BCUT2D eigenvalue weighted by Gasteiger charge is -2.11. The number of ether oxygens (including phenoxy) is 1. The lowest BCUT2D eigenvalue weighted by molar-refractivity contribution is 0.102. The molecule has 0 saturated carbocycles. The normalized spacial score (nSPS) is 13.1. The number of nitrogens with one attached hydrogen (secondary N) is 1. The van der Waals surface area contributed by atoms with Crippen LogP contribution >= 0.6 is 0 Å². The number of fused-ring (bicyclic) bond motifs is 1. The van der Waals surface area contributed by atoms with Crippen molar-refractivity contribution < 1.29 is 13.9 Å². The number of rotatable bonds is 6. The SMILES string of the molecule is O=C(Nc1cc(-c2nnc3n2CCCCC3)ccc1F)c1ccc(OCc2ccccc2)cc1. The molecule has 0 unspecified atom stereocenters. The van der Waals surface area contributed by atoms with E-state index in [4.69, 9.17) is 4.74 Å². The van der Waals surface area contributed by atoms with Gasteiger partial charge in [0.15, 0.2) is 5.82 Å². The van der Waals surface area contributed by atoms with E-state index in [2.05, 4.69) is 20.1 Å². The maximum Gasteiger partial charge on any atom is 0.255 e. The van der Waals surface area contributed by atoms with E-state index in [0.29, 0.717) is 23.7 Å². The van der Waals surface area contributed by atoms with Crippen molar-refractivity contribution in [3.8, 4) is 17.1 Å². The van der Waals surface area contributed by atoms with Gasteiger partial charge in [-0.15, -0.1) is 10.2 Å². The van der Waals surface area contributed by atoms with Crippen LogP contribution < -0.4 is 10.1 Å². The van der Waals surface area contributed by atoms with Gasteiger partial charge in [0.05, 0.1) is 5.69 Å². The lowest BCUT2D eigenvalue weighted by Crippen LogP contribution is -2.13. The van der Waals surface area contributed by atoms with Crippen molar-refractivity contribution in [2.24, 2.45) is 0 Å². The van der Waals surface area contributed by atoms with Crippen LogP contribution in [0.2, 0.25) is 0 Å². The largest absolute Gasteiger partial charge is 0.489 e. The van der Waals surface area contributed by atoms with Crippen LogP contribution in [0, 0.1) is 5.82 Å². The maximum absolute atomic E-state index is 14.5. The fourth-order valence-corrected chi connectivity index (χ4v) is 4.10. The van der Waals surface area contributed by atoms with E-state index in [0.717, 1.165) is 49.2 Å². The third-order valence-electron chi connectivity index (χ3n) is 5.95. The van der Waals surface area contributed by atoms with Gasteiger partial charge >= 0.3 is 0 Å². The molecule has 1 N–H and O–H groups in total. The summed E-state index contributed by atoms with van der Waals surface area (Å²) in [5.41, 5.74) is 2.30. The van der Waals surface area contributed by atoms with Gasteiger partial charge in [0.25, 0.3) is 5.91 Å². The molecule has 0 bridgehead atoms. The van der Waals surface area contributed by atoms with Gasteiger partial charge in [0.2, 0.25) is 0 Å². The summed E-state index contributed by atoms with van der Waals surface area (Å²) in [6, 6.07) is 21.3. The van der Waals surface area contributed by atoms with Gasteiger partial charge in [-0.25, -0.2) is 4.39 Å². The second-order valence-electron chi connectivity index (χ2n) is 8.35. The number of aryl methyl sites for hydroxylation is 1. The lowest BCUT2D eigenvalue weighted by atomic mass is 10.1. The van der Waals surface area contributed by atoms with E-state index in [1.165, 1.54) is 6.07 Å². The van der Waals surface area contributed by atoms with Gasteiger partial charge in [-0.3, -0.25) is 4.79 Å². The Balaban J connectivity index is 1.29. The Hall–Kier alpha value is -4.00. The van der Waals surface area contributed by atoms with Crippen molar-refractivity contribution >= 4 is 11.6 Å². The molecule has 5 rings (SSSR count). The molecule has 0 aliphatic carbocycles. The summed E-state index contributed by atoms with van der Waals surface area (Å²) in [4.78, 5) is 12.8. The predicted octanol–water partition coefficient (Wildman–Crippen LogP) is 5.64. The molecule has 0 atom stereocenters. The quantitative estimate of drug-likeness (QED) is 0.408.